The molecule has 0 saturated heterocycles. The second-order valence-electron chi connectivity index (χ2n) is 8.14. The fourth-order valence-electron chi connectivity index (χ4n) is 3.76. The van der Waals surface area contributed by atoms with Crippen LogP contribution in [-0.2, 0) is 28.9 Å². The molecule has 0 saturated carbocycles. The van der Waals surface area contributed by atoms with E-state index in [1.54, 1.807) is 6.07 Å². The lowest BCUT2D eigenvalue weighted by Gasteiger charge is -2.15. The van der Waals surface area contributed by atoms with Gasteiger partial charge >= 0.3 is 5.97 Å². The molecule has 1 aliphatic heterocycles. The number of esters is 1. The van der Waals surface area contributed by atoms with E-state index in [9.17, 15) is 14.0 Å². The van der Waals surface area contributed by atoms with Gasteiger partial charge in [-0.2, -0.15) is 10.4 Å². The average molecular weight is 457 g/mol. The number of hydrogen-bond acceptors (Lipinski definition) is 6. The fraction of sp³-hybridized carbons (Fsp3) is 0.500. The summed E-state index contributed by atoms with van der Waals surface area (Å²) in [6.07, 6.45) is 2.84. The first-order valence-corrected chi connectivity index (χ1v) is 11.3. The molecule has 0 spiro atoms. The van der Waals surface area contributed by atoms with E-state index >= 15 is 0 Å². The molecule has 0 fully saturated rings. The Morgan fingerprint density at radius 1 is 1.39 bits per heavy atom. The highest BCUT2D eigenvalue weighted by Crippen LogP contribution is 2.20. The normalized spacial score (nSPS) is 15.5. The van der Waals surface area contributed by atoms with Gasteiger partial charge in [0.2, 0.25) is 0 Å². The van der Waals surface area contributed by atoms with E-state index in [4.69, 9.17) is 14.7 Å². The van der Waals surface area contributed by atoms with E-state index in [2.05, 4.69) is 10.4 Å². The number of nitrogens with one attached hydrogen (secondary N) is 1. The van der Waals surface area contributed by atoms with Crippen molar-refractivity contribution in [3.05, 3.63) is 52.1 Å². The van der Waals surface area contributed by atoms with Crippen molar-refractivity contribution in [3.63, 3.8) is 0 Å². The van der Waals surface area contributed by atoms with Crippen molar-refractivity contribution in [1.82, 2.24) is 15.1 Å². The number of amides is 1. The second-order valence-corrected chi connectivity index (χ2v) is 8.14. The summed E-state index contributed by atoms with van der Waals surface area (Å²) >= 11 is 0. The number of aromatic nitrogens is 2. The SMILES string of the molecule is CCc1nn(C[C@@H](C)COC(=O)c2ccc(F)c(C#N)c2)c2c1C(=O)NCCCOCCC2. The average Bonchev–Trinajstić information content (AvgIpc) is 3.14. The summed E-state index contributed by atoms with van der Waals surface area (Å²) in [5, 5.41) is 16.6. The molecule has 2 heterocycles. The number of nitrogens with zero attached hydrogens (tertiary/aromatic N) is 3. The molecule has 2 aromatic rings. The van der Waals surface area contributed by atoms with E-state index < -0.39 is 11.8 Å². The first-order chi connectivity index (χ1) is 15.9. The third-order valence-electron chi connectivity index (χ3n) is 5.45. The predicted molar refractivity (Wildman–Crippen MR) is 118 cm³/mol. The molecule has 1 amide bonds. The van der Waals surface area contributed by atoms with Crippen molar-refractivity contribution in [2.24, 2.45) is 5.92 Å². The summed E-state index contributed by atoms with van der Waals surface area (Å²) in [6, 6.07) is 5.27. The third kappa shape index (κ3) is 6.17. The summed E-state index contributed by atoms with van der Waals surface area (Å²) in [5.74, 6) is -1.50. The number of hydrogen-bond donors (Lipinski definition) is 1. The molecule has 1 N–H and O–H groups in total. The molecular weight excluding hydrogens is 427 g/mol. The van der Waals surface area contributed by atoms with Crippen LogP contribution in [-0.4, -0.2) is 48.0 Å². The van der Waals surface area contributed by atoms with Gasteiger partial charge in [-0.25, -0.2) is 9.18 Å². The Morgan fingerprint density at radius 3 is 2.94 bits per heavy atom. The number of ether oxygens (including phenoxy) is 2. The van der Waals surface area contributed by atoms with Gasteiger partial charge in [-0.3, -0.25) is 9.48 Å². The molecule has 8 nitrogen and oxygen atoms in total. The molecule has 1 aliphatic rings. The molecule has 33 heavy (non-hydrogen) atoms. The van der Waals surface area contributed by atoms with Gasteiger partial charge in [0, 0.05) is 32.2 Å². The van der Waals surface area contributed by atoms with Gasteiger partial charge in [0.1, 0.15) is 11.9 Å². The quantitative estimate of drug-likeness (QED) is 0.670. The highest BCUT2D eigenvalue weighted by atomic mass is 19.1. The standard InChI is InChI=1S/C24H29FN4O4/c1-3-20-22-21(6-4-10-32-11-5-9-27-23(22)30)29(28-20)14-16(2)15-33-24(31)17-7-8-19(25)18(12-17)13-26/h7-8,12,16H,3-6,9-11,14-15H2,1-2H3,(H,27,30)/t16-/m1/s1. The largest absolute Gasteiger partial charge is 0.462 e. The molecule has 0 bridgehead atoms. The zero-order valence-corrected chi connectivity index (χ0v) is 19.0. The fourth-order valence-corrected chi connectivity index (χ4v) is 3.76. The smallest absolute Gasteiger partial charge is 0.338 e. The number of nitriles is 1. The van der Waals surface area contributed by atoms with Crippen LogP contribution >= 0.6 is 0 Å². The molecule has 1 aromatic carbocycles. The lowest BCUT2D eigenvalue weighted by molar-refractivity contribution is 0.0435. The number of carbonyl (C=O) groups is 2. The molecular formula is C24H29FN4O4. The van der Waals surface area contributed by atoms with E-state index in [-0.39, 0.29) is 29.6 Å². The number of benzene rings is 1. The lowest BCUT2D eigenvalue weighted by atomic mass is 10.1. The van der Waals surface area contributed by atoms with Gasteiger partial charge in [-0.15, -0.1) is 0 Å². The van der Waals surface area contributed by atoms with Crippen molar-refractivity contribution in [3.8, 4) is 6.07 Å². The number of fused-ring (bicyclic) bond motifs is 1. The van der Waals surface area contributed by atoms with Crippen LogP contribution in [0.15, 0.2) is 18.2 Å². The Bertz CT molecular complexity index is 1040. The maximum atomic E-state index is 13.5. The van der Waals surface area contributed by atoms with E-state index in [1.807, 2.05) is 18.5 Å². The van der Waals surface area contributed by atoms with Crippen LogP contribution in [0.5, 0.6) is 0 Å². The van der Waals surface area contributed by atoms with Crippen LogP contribution in [0.25, 0.3) is 0 Å². The van der Waals surface area contributed by atoms with Gasteiger partial charge < -0.3 is 14.8 Å². The Morgan fingerprint density at radius 2 is 2.18 bits per heavy atom. The third-order valence-corrected chi connectivity index (χ3v) is 5.45. The van der Waals surface area contributed by atoms with Gasteiger partial charge in [-0.1, -0.05) is 13.8 Å². The van der Waals surface area contributed by atoms with Crippen LogP contribution in [0, 0.1) is 23.1 Å². The number of carbonyl (C=O) groups excluding carboxylic acids is 2. The monoisotopic (exact) mass is 456 g/mol. The predicted octanol–water partition coefficient (Wildman–Crippen LogP) is 3.03. The maximum Gasteiger partial charge on any atom is 0.338 e. The van der Waals surface area contributed by atoms with Gasteiger partial charge in [0.15, 0.2) is 0 Å². The summed E-state index contributed by atoms with van der Waals surface area (Å²) in [6.45, 7) is 6.27. The molecule has 0 radical (unpaired) electrons. The Balaban J connectivity index is 1.71. The molecule has 3 rings (SSSR count). The summed E-state index contributed by atoms with van der Waals surface area (Å²) < 4.78 is 26.3. The Hall–Kier alpha value is -3.25. The maximum absolute atomic E-state index is 13.5. The first kappa shape index (κ1) is 24.4. The zero-order valence-electron chi connectivity index (χ0n) is 19.0. The minimum Gasteiger partial charge on any atom is -0.462 e. The van der Waals surface area contributed by atoms with Crippen LogP contribution in [0.4, 0.5) is 4.39 Å². The van der Waals surface area contributed by atoms with E-state index in [0.29, 0.717) is 44.7 Å². The minimum absolute atomic E-state index is 0.0870. The number of halogens is 1. The highest BCUT2D eigenvalue weighted by molar-refractivity contribution is 5.96. The highest BCUT2D eigenvalue weighted by Gasteiger charge is 2.24. The van der Waals surface area contributed by atoms with Gasteiger partial charge in [0.25, 0.3) is 5.91 Å². The van der Waals surface area contributed by atoms with Crippen LogP contribution in [0.2, 0.25) is 0 Å². The molecule has 0 aliphatic carbocycles. The van der Waals surface area contributed by atoms with Crippen molar-refractivity contribution in [2.45, 2.75) is 46.1 Å². The Kier molecular flexibility index (Phi) is 8.55. The molecule has 1 aromatic heterocycles. The van der Waals surface area contributed by atoms with Crippen molar-refractivity contribution >= 4 is 11.9 Å². The topological polar surface area (TPSA) is 106 Å². The minimum atomic E-state index is -0.680. The summed E-state index contributed by atoms with van der Waals surface area (Å²) in [4.78, 5) is 25.2. The van der Waals surface area contributed by atoms with Crippen LogP contribution in [0.3, 0.4) is 0 Å². The molecule has 176 valence electrons. The Labute approximate surface area is 192 Å². The zero-order chi connectivity index (χ0) is 23.8. The number of aryl methyl sites for hydroxylation is 1. The molecule has 9 heteroatoms. The number of rotatable bonds is 6. The van der Waals surface area contributed by atoms with Crippen LogP contribution < -0.4 is 5.32 Å². The van der Waals surface area contributed by atoms with Gasteiger partial charge in [-0.05, 0) is 43.9 Å². The van der Waals surface area contributed by atoms with Crippen LogP contribution in [0.1, 0.15) is 64.4 Å². The van der Waals surface area contributed by atoms with Crippen molar-refractivity contribution in [2.75, 3.05) is 26.4 Å². The molecule has 1 atom stereocenters. The van der Waals surface area contributed by atoms with Gasteiger partial charge in [0.05, 0.1) is 34.7 Å². The summed E-state index contributed by atoms with van der Waals surface area (Å²) in [7, 11) is 0. The molecule has 0 unspecified atom stereocenters. The second kappa shape index (κ2) is 11.6. The lowest BCUT2D eigenvalue weighted by Crippen LogP contribution is -2.27. The van der Waals surface area contributed by atoms with E-state index in [0.717, 1.165) is 30.3 Å². The van der Waals surface area contributed by atoms with E-state index in [1.165, 1.54) is 12.1 Å². The van der Waals surface area contributed by atoms with Crippen molar-refractivity contribution in [1.29, 1.82) is 5.26 Å². The first-order valence-electron chi connectivity index (χ1n) is 11.3. The van der Waals surface area contributed by atoms with Crippen molar-refractivity contribution < 1.29 is 23.5 Å². The summed E-state index contributed by atoms with van der Waals surface area (Å²) in [5.41, 5.74) is 2.17.